The summed E-state index contributed by atoms with van der Waals surface area (Å²) in [6.45, 7) is 2.40. The van der Waals surface area contributed by atoms with E-state index in [1.54, 1.807) is 24.3 Å². The average molecular weight is 268 g/mol. The number of halogens is 1. The van der Waals surface area contributed by atoms with E-state index in [1.807, 2.05) is 0 Å². The molecule has 0 aliphatic carbocycles. The fraction of sp³-hybridized carbons (Fsp3) is 0.500. The van der Waals surface area contributed by atoms with Crippen molar-refractivity contribution in [3.63, 3.8) is 0 Å². The minimum Gasteiger partial charge on any atom is -0.396 e. The van der Waals surface area contributed by atoms with Crippen LogP contribution in [0.15, 0.2) is 24.3 Å². The van der Waals surface area contributed by atoms with Crippen LogP contribution >= 0.6 is 11.6 Å². The van der Waals surface area contributed by atoms with E-state index in [2.05, 4.69) is 4.90 Å². The molecule has 1 atom stereocenters. The van der Waals surface area contributed by atoms with Crippen LogP contribution in [0.1, 0.15) is 23.2 Å². The standard InChI is InChI=1S/C14H18ClNO2/c15-13-5-3-12(4-6-13)14(18)9-16-7-1-2-11(8-16)10-17/h3-6,11,17H,1-2,7-10H2. The number of rotatable bonds is 4. The van der Waals surface area contributed by atoms with E-state index in [0.29, 0.717) is 23.0 Å². The third-order valence-electron chi connectivity index (χ3n) is 3.39. The first kappa shape index (κ1) is 13.5. The molecule has 4 heteroatoms. The van der Waals surface area contributed by atoms with Crippen LogP contribution in [0.3, 0.4) is 0 Å². The van der Waals surface area contributed by atoms with Gasteiger partial charge in [-0.25, -0.2) is 0 Å². The third-order valence-corrected chi connectivity index (χ3v) is 3.65. The predicted octanol–water partition coefficient (Wildman–Crippen LogP) is 2.23. The summed E-state index contributed by atoms with van der Waals surface area (Å²) < 4.78 is 0. The van der Waals surface area contributed by atoms with Crippen molar-refractivity contribution in [1.82, 2.24) is 4.90 Å². The van der Waals surface area contributed by atoms with E-state index < -0.39 is 0 Å². The number of benzene rings is 1. The lowest BCUT2D eigenvalue weighted by Crippen LogP contribution is -2.39. The number of carbonyl (C=O) groups is 1. The largest absolute Gasteiger partial charge is 0.396 e. The maximum absolute atomic E-state index is 12.1. The fourth-order valence-electron chi connectivity index (χ4n) is 2.37. The van der Waals surface area contributed by atoms with Gasteiger partial charge in [-0.3, -0.25) is 9.69 Å². The summed E-state index contributed by atoms with van der Waals surface area (Å²) in [6.07, 6.45) is 2.11. The minimum absolute atomic E-state index is 0.116. The van der Waals surface area contributed by atoms with Crippen molar-refractivity contribution in [1.29, 1.82) is 0 Å². The number of hydrogen-bond donors (Lipinski definition) is 1. The van der Waals surface area contributed by atoms with Crippen LogP contribution in [0.2, 0.25) is 5.02 Å². The monoisotopic (exact) mass is 267 g/mol. The van der Waals surface area contributed by atoms with Crippen molar-refractivity contribution in [2.45, 2.75) is 12.8 Å². The summed E-state index contributed by atoms with van der Waals surface area (Å²) in [4.78, 5) is 14.2. The molecule has 98 valence electrons. The molecular weight excluding hydrogens is 250 g/mol. The highest BCUT2D eigenvalue weighted by atomic mass is 35.5. The van der Waals surface area contributed by atoms with Gasteiger partial charge in [0, 0.05) is 23.7 Å². The Bertz CT molecular complexity index is 405. The average Bonchev–Trinajstić information content (AvgIpc) is 2.39. The normalized spacial score (nSPS) is 20.9. The summed E-state index contributed by atoms with van der Waals surface area (Å²) in [7, 11) is 0. The van der Waals surface area contributed by atoms with Gasteiger partial charge in [0.05, 0.1) is 6.54 Å². The molecule has 1 aromatic rings. The van der Waals surface area contributed by atoms with Gasteiger partial charge in [0.1, 0.15) is 0 Å². The highest BCUT2D eigenvalue weighted by molar-refractivity contribution is 6.30. The lowest BCUT2D eigenvalue weighted by Gasteiger charge is -2.31. The number of Topliss-reactive ketones (excluding diaryl/α,β-unsaturated/α-hetero) is 1. The molecule has 0 saturated carbocycles. The quantitative estimate of drug-likeness (QED) is 0.851. The van der Waals surface area contributed by atoms with Crippen LogP contribution in [-0.4, -0.2) is 42.0 Å². The Labute approximate surface area is 112 Å². The Balaban J connectivity index is 1.92. The Morgan fingerprint density at radius 2 is 2.11 bits per heavy atom. The number of hydrogen-bond acceptors (Lipinski definition) is 3. The molecule has 0 amide bonds. The van der Waals surface area contributed by atoms with E-state index >= 15 is 0 Å². The fourth-order valence-corrected chi connectivity index (χ4v) is 2.50. The minimum atomic E-state index is 0.116. The molecular formula is C14H18ClNO2. The number of piperidine rings is 1. The number of likely N-dealkylation sites (tertiary alicyclic amines) is 1. The number of carbonyl (C=O) groups excluding carboxylic acids is 1. The van der Waals surface area contributed by atoms with E-state index in [-0.39, 0.29) is 12.4 Å². The smallest absolute Gasteiger partial charge is 0.176 e. The van der Waals surface area contributed by atoms with Gasteiger partial charge in [-0.1, -0.05) is 11.6 Å². The van der Waals surface area contributed by atoms with Crippen molar-refractivity contribution < 1.29 is 9.90 Å². The number of ketones is 1. The summed E-state index contributed by atoms with van der Waals surface area (Å²) in [5.74, 6) is 0.432. The molecule has 1 aliphatic rings. The topological polar surface area (TPSA) is 40.5 Å². The Morgan fingerprint density at radius 1 is 1.39 bits per heavy atom. The zero-order valence-corrected chi connectivity index (χ0v) is 11.1. The molecule has 3 nitrogen and oxygen atoms in total. The van der Waals surface area contributed by atoms with Crippen molar-refractivity contribution in [2.24, 2.45) is 5.92 Å². The lowest BCUT2D eigenvalue weighted by molar-refractivity contribution is 0.0833. The molecule has 2 rings (SSSR count). The van der Waals surface area contributed by atoms with Crippen molar-refractivity contribution >= 4 is 17.4 Å². The molecule has 1 fully saturated rings. The highest BCUT2D eigenvalue weighted by Crippen LogP contribution is 2.16. The van der Waals surface area contributed by atoms with E-state index in [1.165, 1.54) is 0 Å². The highest BCUT2D eigenvalue weighted by Gasteiger charge is 2.21. The molecule has 1 aromatic carbocycles. The van der Waals surface area contributed by atoms with Crippen molar-refractivity contribution in [3.05, 3.63) is 34.9 Å². The molecule has 18 heavy (non-hydrogen) atoms. The zero-order valence-electron chi connectivity index (χ0n) is 10.3. The molecule has 0 spiro atoms. The Hall–Kier alpha value is -0.900. The number of nitrogens with zero attached hydrogens (tertiary/aromatic N) is 1. The van der Waals surface area contributed by atoms with E-state index in [4.69, 9.17) is 16.7 Å². The van der Waals surface area contributed by atoms with Crippen LogP contribution in [0, 0.1) is 5.92 Å². The summed E-state index contributed by atoms with van der Waals surface area (Å²) in [6, 6.07) is 7.00. The maximum Gasteiger partial charge on any atom is 0.176 e. The molecule has 1 aliphatic heterocycles. The molecule has 1 unspecified atom stereocenters. The molecule has 1 heterocycles. The molecule has 0 radical (unpaired) electrons. The van der Waals surface area contributed by atoms with Gasteiger partial charge in [-0.05, 0) is 49.6 Å². The van der Waals surface area contributed by atoms with Gasteiger partial charge in [-0.15, -0.1) is 0 Å². The molecule has 0 aromatic heterocycles. The van der Waals surface area contributed by atoms with Gasteiger partial charge in [0.25, 0.3) is 0 Å². The van der Waals surface area contributed by atoms with Gasteiger partial charge in [0.2, 0.25) is 0 Å². The number of aliphatic hydroxyl groups is 1. The van der Waals surface area contributed by atoms with Crippen LogP contribution in [0.4, 0.5) is 0 Å². The van der Waals surface area contributed by atoms with Crippen molar-refractivity contribution in [2.75, 3.05) is 26.2 Å². The summed E-state index contributed by atoms with van der Waals surface area (Å²) in [5, 5.41) is 9.81. The van der Waals surface area contributed by atoms with E-state index in [0.717, 1.165) is 25.9 Å². The summed E-state index contributed by atoms with van der Waals surface area (Å²) in [5.41, 5.74) is 0.700. The predicted molar refractivity (Wildman–Crippen MR) is 72.0 cm³/mol. The van der Waals surface area contributed by atoms with E-state index in [9.17, 15) is 4.79 Å². The van der Waals surface area contributed by atoms with Gasteiger partial charge in [-0.2, -0.15) is 0 Å². The second-order valence-electron chi connectivity index (χ2n) is 4.86. The second kappa shape index (κ2) is 6.32. The third kappa shape index (κ3) is 3.55. The first-order valence-electron chi connectivity index (χ1n) is 6.31. The summed E-state index contributed by atoms with van der Waals surface area (Å²) >= 11 is 5.80. The van der Waals surface area contributed by atoms with Crippen LogP contribution < -0.4 is 0 Å². The molecule has 1 N–H and O–H groups in total. The lowest BCUT2D eigenvalue weighted by atomic mass is 9.98. The van der Waals surface area contributed by atoms with Crippen LogP contribution in [-0.2, 0) is 0 Å². The van der Waals surface area contributed by atoms with Crippen LogP contribution in [0.25, 0.3) is 0 Å². The Morgan fingerprint density at radius 3 is 2.78 bits per heavy atom. The SMILES string of the molecule is O=C(CN1CCCC(CO)C1)c1ccc(Cl)cc1. The second-order valence-corrected chi connectivity index (χ2v) is 5.29. The first-order valence-corrected chi connectivity index (χ1v) is 6.69. The maximum atomic E-state index is 12.1. The zero-order chi connectivity index (χ0) is 13.0. The van der Waals surface area contributed by atoms with Crippen molar-refractivity contribution in [3.8, 4) is 0 Å². The van der Waals surface area contributed by atoms with Gasteiger partial charge < -0.3 is 5.11 Å². The van der Waals surface area contributed by atoms with Gasteiger partial charge in [0.15, 0.2) is 5.78 Å². The van der Waals surface area contributed by atoms with Crippen LogP contribution in [0.5, 0.6) is 0 Å². The number of aliphatic hydroxyl groups excluding tert-OH is 1. The van der Waals surface area contributed by atoms with Gasteiger partial charge >= 0.3 is 0 Å². The first-order chi connectivity index (χ1) is 8.69. The molecule has 0 bridgehead atoms. The Kier molecular flexibility index (Phi) is 4.75. The molecule has 1 saturated heterocycles.